The third-order valence-corrected chi connectivity index (χ3v) is 9.57. The van der Waals surface area contributed by atoms with Gasteiger partial charge in [0.05, 0.1) is 30.8 Å². The number of nitriles is 1. The lowest BCUT2D eigenvalue weighted by molar-refractivity contribution is -0.135. The van der Waals surface area contributed by atoms with Crippen LogP contribution in [-0.2, 0) is 27.2 Å². The lowest BCUT2D eigenvalue weighted by atomic mass is 9.80. The van der Waals surface area contributed by atoms with E-state index in [1.165, 1.54) is 28.3 Å². The first-order valence-electron chi connectivity index (χ1n) is 15.8. The Balaban J connectivity index is 0.00000115. The van der Waals surface area contributed by atoms with Crippen molar-refractivity contribution < 1.29 is 24.2 Å². The van der Waals surface area contributed by atoms with Gasteiger partial charge < -0.3 is 29.3 Å². The third kappa shape index (κ3) is 6.72. The van der Waals surface area contributed by atoms with Crippen molar-refractivity contribution in [2.24, 2.45) is 0 Å². The molecule has 3 unspecified atom stereocenters. The Labute approximate surface area is 263 Å². The highest BCUT2D eigenvalue weighted by Gasteiger charge is 2.41. The summed E-state index contributed by atoms with van der Waals surface area (Å²) in [6.45, 7) is 3.65. The van der Waals surface area contributed by atoms with E-state index in [2.05, 4.69) is 65.4 Å². The summed E-state index contributed by atoms with van der Waals surface area (Å²) in [5.41, 5.74) is 3.61. The minimum atomic E-state index is -0.343. The Bertz CT molecular complexity index is 1570. The maximum atomic E-state index is 12.9. The Kier molecular flexibility index (Phi) is 9.42. The SMILES string of the molecule is CN1CCCC1COc1nc2c(c(N3CCN(C(=O)C4CO4)[C@@H](CC#N)C3)n1)CCC(c1cccc3ccccc13)C2.O=CO. The molecular formula is C34H40N6O5. The molecule has 1 aliphatic carbocycles. The molecule has 0 radical (unpaired) electrons. The number of carbonyl (C=O) groups excluding carboxylic acids is 1. The van der Waals surface area contributed by atoms with Crippen LogP contribution in [0, 0.1) is 11.3 Å². The van der Waals surface area contributed by atoms with Gasteiger partial charge in [-0.25, -0.2) is 0 Å². The van der Waals surface area contributed by atoms with Gasteiger partial charge in [-0.05, 0) is 68.0 Å². The maximum Gasteiger partial charge on any atom is 0.318 e. The van der Waals surface area contributed by atoms with E-state index in [1.54, 1.807) is 0 Å². The number of benzene rings is 2. The molecule has 4 atom stereocenters. The van der Waals surface area contributed by atoms with Crippen LogP contribution in [0.1, 0.15) is 48.4 Å². The zero-order valence-corrected chi connectivity index (χ0v) is 25.7. The van der Waals surface area contributed by atoms with Gasteiger partial charge in [0.1, 0.15) is 12.4 Å². The van der Waals surface area contributed by atoms with Crippen LogP contribution in [0.4, 0.5) is 5.82 Å². The molecule has 1 N–H and O–H groups in total. The number of ether oxygens (including phenoxy) is 2. The fourth-order valence-corrected chi connectivity index (χ4v) is 7.13. The van der Waals surface area contributed by atoms with Gasteiger partial charge in [0.15, 0.2) is 6.10 Å². The normalized spacial score (nSPS) is 24.3. The molecule has 4 aliphatic rings. The van der Waals surface area contributed by atoms with Crippen LogP contribution in [0.3, 0.4) is 0 Å². The highest BCUT2D eigenvalue weighted by Crippen LogP contribution is 2.39. The number of anilines is 1. The van der Waals surface area contributed by atoms with Crippen LogP contribution < -0.4 is 9.64 Å². The topological polar surface area (TPSA) is 135 Å². The lowest BCUT2D eigenvalue weighted by Crippen LogP contribution is -2.56. The summed E-state index contributed by atoms with van der Waals surface area (Å²) < 4.78 is 11.6. The van der Waals surface area contributed by atoms with Crippen molar-refractivity contribution in [1.29, 1.82) is 5.26 Å². The Hall–Kier alpha value is -4.27. The van der Waals surface area contributed by atoms with E-state index in [1.807, 2.05) is 4.90 Å². The summed E-state index contributed by atoms with van der Waals surface area (Å²) in [6, 6.07) is 18.1. The molecule has 4 heterocycles. The van der Waals surface area contributed by atoms with Gasteiger partial charge in [-0.3, -0.25) is 9.59 Å². The fraction of sp³-hybridized carbons (Fsp3) is 0.500. The van der Waals surface area contributed by atoms with E-state index >= 15 is 0 Å². The summed E-state index contributed by atoms with van der Waals surface area (Å²) in [5.74, 6) is 1.27. The number of epoxide rings is 1. The van der Waals surface area contributed by atoms with Crippen LogP contribution in [0.25, 0.3) is 10.8 Å². The van der Waals surface area contributed by atoms with Crippen molar-refractivity contribution in [2.75, 3.05) is 51.3 Å². The number of likely N-dealkylation sites (N-methyl/N-ethyl adjacent to an activating group) is 1. The summed E-state index contributed by atoms with van der Waals surface area (Å²) >= 11 is 0. The molecule has 3 fully saturated rings. The molecule has 0 saturated carbocycles. The molecule has 1 amide bonds. The van der Waals surface area contributed by atoms with E-state index in [0.717, 1.165) is 43.7 Å². The number of amides is 1. The Morgan fingerprint density at radius 2 is 1.93 bits per heavy atom. The van der Waals surface area contributed by atoms with Crippen molar-refractivity contribution in [2.45, 2.75) is 62.6 Å². The zero-order valence-electron chi connectivity index (χ0n) is 25.7. The molecule has 0 spiro atoms. The molecule has 2 aromatic carbocycles. The second kappa shape index (κ2) is 13.8. The number of piperazine rings is 1. The number of nitrogens with zero attached hydrogens (tertiary/aromatic N) is 6. The number of carbonyl (C=O) groups is 2. The van der Waals surface area contributed by atoms with E-state index in [0.29, 0.717) is 50.8 Å². The van der Waals surface area contributed by atoms with E-state index in [4.69, 9.17) is 29.3 Å². The average Bonchev–Trinajstić information content (AvgIpc) is 3.84. The fourth-order valence-electron chi connectivity index (χ4n) is 7.13. The second-order valence-corrected chi connectivity index (χ2v) is 12.3. The summed E-state index contributed by atoms with van der Waals surface area (Å²) in [4.78, 5) is 37.8. The van der Waals surface area contributed by atoms with E-state index in [-0.39, 0.29) is 30.9 Å². The number of fused-ring (bicyclic) bond motifs is 2. The average molecular weight is 613 g/mol. The van der Waals surface area contributed by atoms with Gasteiger partial charge in [0.25, 0.3) is 12.4 Å². The van der Waals surface area contributed by atoms with Gasteiger partial charge in [-0.2, -0.15) is 15.2 Å². The van der Waals surface area contributed by atoms with Crippen molar-refractivity contribution in [1.82, 2.24) is 19.8 Å². The molecule has 0 bridgehead atoms. The predicted octanol–water partition coefficient (Wildman–Crippen LogP) is 3.41. The molecule has 1 aromatic heterocycles. The Morgan fingerprint density at radius 1 is 1.13 bits per heavy atom. The summed E-state index contributed by atoms with van der Waals surface area (Å²) in [5, 5.41) is 19.0. The number of rotatable bonds is 7. The molecule has 236 valence electrons. The largest absolute Gasteiger partial charge is 0.483 e. The first kappa shape index (κ1) is 30.7. The Morgan fingerprint density at radius 3 is 2.69 bits per heavy atom. The molecular weight excluding hydrogens is 572 g/mol. The second-order valence-electron chi connectivity index (χ2n) is 12.3. The van der Waals surface area contributed by atoms with E-state index in [9.17, 15) is 10.1 Å². The number of hydrogen-bond donors (Lipinski definition) is 1. The van der Waals surface area contributed by atoms with Crippen molar-refractivity contribution in [3.8, 4) is 12.1 Å². The quantitative estimate of drug-likeness (QED) is 0.312. The van der Waals surface area contributed by atoms with Crippen LogP contribution in [0.5, 0.6) is 6.01 Å². The molecule has 11 heteroatoms. The number of hydrogen-bond acceptors (Lipinski definition) is 9. The van der Waals surface area contributed by atoms with Crippen LogP contribution >= 0.6 is 0 Å². The number of likely N-dealkylation sites (tertiary alicyclic amines) is 1. The first-order valence-corrected chi connectivity index (χ1v) is 15.8. The summed E-state index contributed by atoms with van der Waals surface area (Å²) in [6.07, 6.45) is 4.97. The lowest BCUT2D eigenvalue weighted by Gasteiger charge is -2.42. The van der Waals surface area contributed by atoms with Crippen molar-refractivity contribution in [3.63, 3.8) is 0 Å². The van der Waals surface area contributed by atoms with Crippen LogP contribution in [0.15, 0.2) is 42.5 Å². The van der Waals surface area contributed by atoms with Gasteiger partial charge in [0, 0.05) is 31.2 Å². The molecule has 3 aliphatic heterocycles. The van der Waals surface area contributed by atoms with Gasteiger partial charge in [0.2, 0.25) is 0 Å². The first-order chi connectivity index (χ1) is 22.0. The smallest absolute Gasteiger partial charge is 0.318 e. The molecule has 7 rings (SSSR count). The maximum absolute atomic E-state index is 12.9. The van der Waals surface area contributed by atoms with Gasteiger partial charge >= 0.3 is 6.01 Å². The predicted molar refractivity (Wildman–Crippen MR) is 168 cm³/mol. The van der Waals surface area contributed by atoms with Gasteiger partial charge in [-0.15, -0.1) is 0 Å². The van der Waals surface area contributed by atoms with Crippen molar-refractivity contribution >= 4 is 29.0 Å². The number of aromatic nitrogens is 2. The molecule has 11 nitrogen and oxygen atoms in total. The van der Waals surface area contributed by atoms with Crippen LogP contribution in [0.2, 0.25) is 0 Å². The van der Waals surface area contributed by atoms with E-state index < -0.39 is 0 Å². The summed E-state index contributed by atoms with van der Waals surface area (Å²) in [7, 11) is 2.15. The number of carboxylic acid groups (broad SMARTS) is 1. The third-order valence-electron chi connectivity index (χ3n) is 9.57. The minimum absolute atomic E-state index is 0.00208. The molecule has 3 aromatic rings. The zero-order chi connectivity index (χ0) is 31.3. The minimum Gasteiger partial charge on any atom is -0.483 e. The standard InChI is InChI=1S/C33H38N6O3.CH2O2/c1-37-15-5-8-25(37)20-42-33-35-29-18-23(27-10-4-7-22-6-2-3-9-26(22)27)11-12-28(29)31(36-33)38-16-17-39(24(19-38)13-14-34)32(40)30-21-41-30;2-1-3/h2-4,6-7,9-10,23-25,30H,5,8,11-13,15-21H2,1H3;1H,(H,2,3)/t23?,24-,25?,30?;/m0./s1. The highest BCUT2D eigenvalue weighted by molar-refractivity contribution is 5.86. The highest BCUT2D eigenvalue weighted by atomic mass is 16.6. The van der Waals surface area contributed by atoms with Gasteiger partial charge in [-0.1, -0.05) is 42.5 Å². The van der Waals surface area contributed by atoms with Crippen LogP contribution in [-0.4, -0.2) is 102 Å². The molecule has 3 saturated heterocycles. The molecule has 45 heavy (non-hydrogen) atoms. The monoisotopic (exact) mass is 612 g/mol. The van der Waals surface area contributed by atoms with Crippen molar-refractivity contribution in [3.05, 3.63) is 59.3 Å².